The van der Waals surface area contributed by atoms with Gasteiger partial charge in [0.25, 0.3) is 0 Å². The lowest BCUT2D eigenvalue weighted by atomic mass is 9.97. The number of aliphatic hydroxyl groups is 1. The van der Waals surface area contributed by atoms with Crippen LogP contribution in [-0.4, -0.2) is 33.9 Å². The zero-order valence-corrected chi connectivity index (χ0v) is 19.0. The van der Waals surface area contributed by atoms with Crippen LogP contribution in [0.4, 0.5) is 0 Å². The molecule has 0 bridgehead atoms. The smallest absolute Gasteiger partial charge is 0.347 e. The van der Waals surface area contributed by atoms with Crippen LogP contribution >= 0.6 is 0 Å². The highest BCUT2D eigenvalue weighted by atomic mass is 16.6. The van der Waals surface area contributed by atoms with E-state index in [9.17, 15) is 19.8 Å². The number of allylic oxidation sites excluding steroid dienone is 2. The number of hydrogen-bond donors (Lipinski definition) is 2. The third kappa shape index (κ3) is 15.2. The Kier molecular flexibility index (Phi) is 16.7. The van der Waals surface area contributed by atoms with Gasteiger partial charge in [-0.1, -0.05) is 76.9 Å². The van der Waals surface area contributed by atoms with Gasteiger partial charge in [0, 0.05) is 0 Å². The zero-order chi connectivity index (χ0) is 22.0. The minimum atomic E-state index is -1.56. The highest BCUT2D eigenvalue weighted by molar-refractivity contribution is 5.82. The minimum Gasteiger partial charge on any atom is -0.478 e. The molecule has 29 heavy (non-hydrogen) atoms. The largest absolute Gasteiger partial charge is 0.478 e. The van der Waals surface area contributed by atoms with Crippen molar-refractivity contribution in [3.8, 4) is 0 Å². The number of unbranched alkanes of at least 4 members (excludes halogenated alkanes) is 12. The van der Waals surface area contributed by atoms with Gasteiger partial charge in [-0.25, -0.2) is 9.59 Å². The second-order valence-corrected chi connectivity index (χ2v) is 8.32. The van der Waals surface area contributed by atoms with Gasteiger partial charge in [0.05, 0.1) is 0 Å². The van der Waals surface area contributed by atoms with Crippen LogP contribution in [0.5, 0.6) is 0 Å². The van der Waals surface area contributed by atoms with Crippen LogP contribution in [0.3, 0.4) is 0 Å². The van der Waals surface area contributed by atoms with Crippen molar-refractivity contribution >= 4 is 11.9 Å². The summed E-state index contributed by atoms with van der Waals surface area (Å²) in [5, 5.41) is 18.5. The molecule has 0 saturated carbocycles. The highest BCUT2D eigenvalue weighted by Gasteiger charge is 2.37. The molecule has 0 aromatic heterocycles. The summed E-state index contributed by atoms with van der Waals surface area (Å²) < 4.78 is 4.99. The third-order valence-corrected chi connectivity index (χ3v) is 5.29. The minimum absolute atomic E-state index is 0.266. The molecule has 0 aliphatic carbocycles. The summed E-state index contributed by atoms with van der Waals surface area (Å²) >= 11 is 0. The molecular formula is C24H44O5. The number of rotatable bonds is 19. The Bertz CT molecular complexity index is 458. The van der Waals surface area contributed by atoms with E-state index in [0.717, 1.165) is 25.7 Å². The van der Waals surface area contributed by atoms with E-state index in [1.807, 2.05) is 0 Å². The van der Waals surface area contributed by atoms with Crippen molar-refractivity contribution in [1.29, 1.82) is 0 Å². The molecule has 0 aromatic rings. The summed E-state index contributed by atoms with van der Waals surface area (Å²) in [6, 6.07) is 0. The van der Waals surface area contributed by atoms with Crippen LogP contribution in [0.25, 0.3) is 0 Å². The number of ether oxygens (including phenoxy) is 1. The number of carboxylic acids is 1. The Morgan fingerprint density at radius 1 is 0.862 bits per heavy atom. The second-order valence-electron chi connectivity index (χ2n) is 8.32. The van der Waals surface area contributed by atoms with Gasteiger partial charge in [-0.05, 0) is 52.4 Å². The molecule has 2 N–H and O–H groups in total. The van der Waals surface area contributed by atoms with Crippen molar-refractivity contribution in [3.05, 3.63) is 12.2 Å². The number of esters is 1. The van der Waals surface area contributed by atoms with Gasteiger partial charge in [-0.15, -0.1) is 0 Å². The molecule has 0 fully saturated rings. The molecule has 170 valence electrons. The molecule has 2 unspecified atom stereocenters. The lowest BCUT2D eigenvalue weighted by Gasteiger charge is -2.25. The van der Waals surface area contributed by atoms with Gasteiger partial charge in [-0.3, -0.25) is 0 Å². The maximum atomic E-state index is 11.5. The van der Waals surface area contributed by atoms with Gasteiger partial charge in [-0.2, -0.15) is 0 Å². The third-order valence-electron chi connectivity index (χ3n) is 5.29. The van der Waals surface area contributed by atoms with Crippen molar-refractivity contribution in [3.63, 3.8) is 0 Å². The summed E-state index contributed by atoms with van der Waals surface area (Å²) in [6.45, 7) is 4.92. The van der Waals surface area contributed by atoms with Gasteiger partial charge in [0.15, 0.2) is 0 Å². The molecule has 0 amide bonds. The van der Waals surface area contributed by atoms with E-state index in [4.69, 9.17) is 4.74 Å². The monoisotopic (exact) mass is 412 g/mol. The Hall–Kier alpha value is -1.36. The summed E-state index contributed by atoms with van der Waals surface area (Å²) in [5.74, 6) is -2.06. The van der Waals surface area contributed by atoms with Crippen LogP contribution in [-0.2, 0) is 14.3 Å². The van der Waals surface area contributed by atoms with Crippen LogP contribution < -0.4 is 0 Å². The molecule has 0 radical (unpaired) electrons. The number of carbonyl (C=O) groups is 2. The summed E-state index contributed by atoms with van der Waals surface area (Å²) in [7, 11) is 0. The van der Waals surface area contributed by atoms with E-state index in [1.165, 1.54) is 71.6 Å². The lowest BCUT2D eigenvalue weighted by molar-refractivity contribution is -0.182. The Morgan fingerprint density at radius 2 is 1.31 bits per heavy atom. The maximum Gasteiger partial charge on any atom is 0.347 e. The molecular weight excluding hydrogens is 368 g/mol. The van der Waals surface area contributed by atoms with Crippen molar-refractivity contribution in [1.82, 2.24) is 0 Å². The number of carboxylic acid groups (broad SMARTS) is 1. The average molecular weight is 413 g/mol. The number of aliphatic hydroxyl groups excluding tert-OH is 1. The van der Waals surface area contributed by atoms with Gasteiger partial charge in [0.2, 0.25) is 5.60 Å². The Balaban J connectivity index is 3.65. The van der Waals surface area contributed by atoms with Crippen molar-refractivity contribution in [2.45, 2.75) is 129 Å². The SMILES string of the molecule is CCCCCCCC/C=C\CCCCCCCCC(C)(OC(=O)C(C)O)C(=O)O. The van der Waals surface area contributed by atoms with Crippen LogP contribution in [0.15, 0.2) is 12.2 Å². The van der Waals surface area contributed by atoms with Crippen LogP contribution in [0, 0.1) is 0 Å². The standard InChI is InChI=1S/C24H44O5/c1-4-5-6-7-8-9-10-11-12-13-14-15-16-17-18-19-20-24(3,23(27)28)29-22(26)21(2)25/h11-12,21,25H,4-10,13-20H2,1-3H3,(H,27,28)/b12-11-. The summed E-state index contributed by atoms with van der Waals surface area (Å²) in [4.78, 5) is 22.9. The normalized spacial score (nSPS) is 14.6. The van der Waals surface area contributed by atoms with Crippen LogP contribution in [0.1, 0.15) is 117 Å². The fourth-order valence-electron chi connectivity index (χ4n) is 3.22. The molecule has 0 saturated heterocycles. The van der Waals surface area contributed by atoms with E-state index in [0.29, 0.717) is 6.42 Å². The average Bonchev–Trinajstić information content (AvgIpc) is 2.67. The first kappa shape index (κ1) is 27.6. The second kappa shape index (κ2) is 17.5. The summed E-state index contributed by atoms with van der Waals surface area (Å²) in [6.07, 6.45) is 20.2. The summed E-state index contributed by atoms with van der Waals surface area (Å²) in [5.41, 5.74) is -1.56. The van der Waals surface area contributed by atoms with E-state index < -0.39 is 23.6 Å². The van der Waals surface area contributed by atoms with Crippen LogP contribution in [0.2, 0.25) is 0 Å². The molecule has 5 heteroatoms. The van der Waals surface area contributed by atoms with Gasteiger partial charge >= 0.3 is 11.9 Å². The number of aliphatic carboxylic acids is 1. The molecule has 0 rings (SSSR count). The van der Waals surface area contributed by atoms with Gasteiger partial charge < -0.3 is 14.9 Å². The molecule has 2 atom stereocenters. The Morgan fingerprint density at radius 3 is 1.76 bits per heavy atom. The lowest BCUT2D eigenvalue weighted by Crippen LogP contribution is -2.42. The number of carbonyl (C=O) groups excluding carboxylic acids is 1. The molecule has 0 spiro atoms. The molecule has 0 heterocycles. The number of hydrogen-bond acceptors (Lipinski definition) is 4. The molecule has 0 aliphatic rings. The van der Waals surface area contributed by atoms with Crippen molar-refractivity contribution < 1.29 is 24.5 Å². The van der Waals surface area contributed by atoms with Crippen molar-refractivity contribution in [2.24, 2.45) is 0 Å². The molecule has 0 aliphatic heterocycles. The van der Waals surface area contributed by atoms with E-state index >= 15 is 0 Å². The Labute approximate surface area is 177 Å². The zero-order valence-electron chi connectivity index (χ0n) is 19.0. The predicted octanol–water partition coefficient (Wildman–Crippen LogP) is 6.18. The first-order valence-electron chi connectivity index (χ1n) is 11.6. The molecule has 5 nitrogen and oxygen atoms in total. The first-order chi connectivity index (χ1) is 13.8. The highest BCUT2D eigenvalue weighted by Crippen LogP contribution is 2.21. The molecule has 0 aromatic carbocycles. The van der Waals surface area contributed by atoms with Crippen molar-refractivity contribution in [2.75, 3.05) is 0 Å². The van der Waals surface area contributed by atoms with E-state index in [1.54, 1.807) is 0 Å². The van der Waals surface area contributed by atoms with Gasteiger partial charge in [0.1, 0.15) is 6.10 Å². The maximum absolute atomic E-state index is 11.5. The first-order valence-corrected chi connectivity index (χ1v) is 11.6. The fourth-order valence-corrected chi connectivity index (χ4v) is 3.22. The van der Waals surface area contributed by atoms with E-state index in [-0.39, 0.29) is 6.42 Å². The van der Waals surface area contributed by atoms with E-state index in [2.05, 4.69) is 19.1 Å². The fraction of sp³-hybridized carbons (Fsp3) is 0.833. The quantitative estimate of drug-likeness (QED) is 0.150. The predicted molar refractivity (Wildman–Crippen MR) is 118 cm³/mol. The topological polar surface area (TPSA) is 83.8 Å².